The first-order chi connectivity index (χ1) is 15.1. The number of hydrogen-bond acceptors (Lipinski definition) is 13. The third kappa shape index (κ3) is 7.60. The summed E-state index contributed by atoms with van der Waals surface area (Å²) in [7, 11) is -10.7. The number of hydrogen-bond donors (Lipinski definition) is 8. The van der Waals surface area contributed by atoms with Crippen molar-refractivity contribution < 1.29 is 62.5 Å². The lowest BCUT2D eigenvalue weighted by atomic mass is 10.0. The first-order valence-corrected chi connectivity index (χ1v) is 12.1. The minimum atomic E-state index is -5.40. The zero-order valence-corrected chi connectivity index (χ0v) is 18.8. The minimum absolute atomic E-state index is 0.124. The predicted molar refractivity (Wildman–Crippen MR) is 105 cm³/mol. The Kier molecular flexibility index (Phi) is 8.92. The molecule has 2 heterocycles. The van der Waals surface area contributed by atoms with Crippen molar-refractivity contribution in [3.63, 3.8) is 0 Å². The summed E-state index contributed by atoms with van der Waals surface area (Å²) in [6.07, 6.45) is -6.61. The van der Waals surface area contributed by atoms with Crippen LogP contribution < -0.4 is 11.4 Å². The molecule has 1 aromatic rings. The molecule has 2 unspecified atom stereocenters. The van der Waals surface area contributed by atoms with Crippen LogP contribution in [0.1, 0.15) is 13.2 Å². The van der Waals surface area contributed by atoms with Gasteiger partial charge in [-0.05, 0) is 13.0 Å². The van der Waals surface area contributed by atoms with Gasteiger partial charge in [0.25, 0.3) is 0 Å². The number of aromatic nitrogens is 2. The monoisotopic (exact) mass is 521 g/mol. The molecule has 7 atom stereocenters. The molecule has 0 saturated carbocycles. The average molecular weight is 521 g/mol. The van der Waals surface area contributed by atoms with Crippen molar-refractivity contribution in [3.8, 4) is 0 Å². The zero-order chi connectivity index (χ0) is 25.2. The molecule has 1 aliphatic heterocycles. The van der Waals surface area contributed by atoms with Crippen molar-refractivity contribution in [1.29, 1.82) is 0 Å². The van der Waals surface area contributed by atoms with Gasteiger partial charge in [0.15, 0.2) is 6.23 Å². The molecule has 1 aromatic heterocycles. The van der Waals surface area contributed by atoms with Crippen LogP contribution in [0.5, 0.6) is 0 Å². The number of phosphoric acid groups is 2. The number of anilines is 1. The van der Waals surface area contributed by atoms with E-state index >= 15 is 0 Å². The van der Waals surface area contributed by atoms with Gasteiger partial charge in [0, 0.05) is 6.20 Å². The Morgan fingerprint density at radius 2 is 2.00 bits per heavy atom. The molecule has 17 nitrogen and oxygen atoms in total. The first-order valence-electron chi connectivity index (χ1n) is 9.11. The summed E-state index contributed by atoms with van der Waals surface area (Å²) >= 11 is 0. The van der Waals surface area contributed by atoms with Gasteiger partial charge in [-0.1, -0.05) is 0 Å². The standard InChI is InChI=1S/C14H25N3O14P2/c1-14(22,6-18)8(19)5-28-11-7(4-29-33(26,27)31-32(23,24)25)30-12(10(11)20)17-3-2-9(15)16-13(17)21/h2-3,7-8,10-12,18-20,22H,4-6H2,1H3,(H,26,27)(H2,15,16,21)(H2,23,24,25)/t7-,8-,10-,11?,12-,14+/m1/s1. The Bertz CT molecular complexity index is 967. The maximum Gasteiger partial charge on any atom is 0.481 e. The van der Waals surface area contributed by atoms with E-state index in [1.807, 2.05) is 0 Å². The average Bonchev–Trinajstić information content (AvgIpc) is 2.98. The van der Waals surface area contributed by atoms with Crippen molar-refractivity contribution in [2.75, 3.05) is 25.6 Å². The van der Waals surface area contributed by atoms with Crippen LogP contribution in [-0.2, 0) is 27.4 Å². The number of nitrogens with zero attached hydrogens (tertiary/aromatic N) is 2. The SMILES string of the molecule is C[C@](O)(CO)[C@H](O)COC1[C@@H](O)[C@H](n2ccc(N)nc2=O)O[C@@H]1COP(=O)(O)OP(=O)(O)O. The molecule has 2 rings (SSSR count). The van der Waals surface area contributed by atoms with Crippen molar-refractivity contribution in [2.45, 2.75) is 43.2 Å². The molecule has 33 heavy (non-hydrogen) atoms. The Labute approximate surface area is 185 Å². The molecule has 0 bridgehead atoms. The van der Waals surface area contributed by atoms with Gasteiger partial charge in [-0.2, -0.15) is 9.29 Å². The highest BCUT2D eigenvalue weighted by Gasteiger charge is 2.48. The highest BCUT2D eigenvalue weighted by Crippen LogP contribution is 2.57. The Morgan fingerprint density at radius 3 is 2.55 bits per heavy atom. The zero-order valence-electron chi connectivity index (χ0n) is 17.0. The van der Waals surface area contributed by atoms with E-state index in [2.05, 4.69) is 13.8 Å². The fraction of sp³-hybridized carbons (Fsp3) is 0.714. The van der Waals surface area contributed by atoms with Crippen molar-refractivity contribution in [2.24, 2.45) is 0 Å². The molecule has 0 aromatic carbocycles. The fourth-order valence-corrected chi connectivity index (χ4v) is 4.32. The molecule has 1 fully saturated rings. The largest absolute Gasteiger partial charge is 0.481 e. The summed E-state index contributed by atoms with van der Waals surface area (Å²) in [5, 5.41) is 39.6. The van der Waals surface area contributed by atoms with E-state index < -0.39 is 77.4 Å². The topological polar surface area (TPSA) is 274 Å². The van der Waals surface area contributed by atoms with Crippen LogP contribution in [0.15, 0.2) is 17.1 Å². The van der Waals surface area contributed by atoms with Crippen LogP contribution in [0.4, 0.5) is 5.82 Å². The molecule has 1 aliphatic rings. The van der Waals surface area contributed by atoms with E-state index in [1.54, 1.807) is 0 Å². The van der Waals surface area contributed by atoms with Crippen molar-refractivity contribution >= 4 is 21.5 Å². The number of nitrogens with two attached hydrogens (primary N) is 1. The van der Waals surface area contributed by atoms with Gasteiger partial charge in [0.2, 0.25) is 0 Å². The summed E-state index contributed by atoms with van der Waals surface area (Å²) < 4.78 is 42.3. The Balaban J connectivity index is 2.24. The molecule has 19 heteroatoms. The van der Waals surface area contributed by atoms with E-state index in [0.717, 1.165) is 17.7 Å². The quantitative estimate of drug-likeness (QED) is 0.133. The molecule has 0 amide bonds. The fourth-order valence-electron chi connectivity index (χ4n) is 2.72. The molecule has 190 valence electrons. The van der Waals surface area contributed by atoms with E-state index in [1.165, 1.54) is 6.07 Å². The lowest BCUT2D eigenvalue weighted by molar-refractivity contribution is -0.142. The van der Waals surface area contributed by atoms with Crippen LogP contribution >= 0.6 is 15.6 Å². The van der Waals surface area contributed by atoms with Gasteiger partial charge in [0.05, 0.1) is 19.8 Å². The second kappa shape index (κ2) is 10.5. The molecule has 1 saturated heterocycles. The minimum Gasteiger partial charge on any atom is -0.393 e. The van der Waals surface area contributed by atoms with E-state index in [-0.39, 0.29) is 5.82 Å². The second-order valence-corrected chi connectivity index (χ2v) is 10.1. The second-order valence-electron chi connectivity index (χ2n) is 7.26. The van der Waals surface area contributed by atoms with Crippen molar-refractivity contribution in [3.05, 3.63) is 22.7 Å². The van der Waals surface area contributed by atoms with Gasteiger partial charge in [-0.25, -0.2) is 13.9 Å². The van der Waals surface area contributed by atoms with E-state index in [0.29, 0.717) is 0 Å². The molecule has 0 radical (unpaired) electrons. The smallest absolute Gasteiger partial charge is 0.393 e. The molecular weight excluding hydrogens is 496 g/mol. The maximum absolute atomic E-state index is 12.1. The number of aliphatic hydroxyl groups is 4. The predicted octanol–water partition coefficient (Wildman–Crippen LogP) is -3.20. The van der Waals surface area contributed by atoms with Crippen LogP contribution in [0.25, 0.3) is 0 Å². The van der Waals surface area contributed by atoms with E-state index in [4.69, 9.17) is 30.1 Å². The molecule has 0 spiro atoms. The van der Waals surface area contributed by atoms with E-state index in [9.17, 15) is 34.1 Å². The van der Waals surface area contributed by atoms with Crippen LogP contribution in [0.3, 0.4) is 0 Å². The first kappa shape index (κ1) is 27.9. The van der Waals surface area contributed by atoms with Crippen LogP contribution in [0.2, 0.25) is 0 Å². The van der Waals surface area contributed by atoms with Gasteiger partial charge >= 0.3 is 21.3 Å². The summed E-state index contributed by atoms with van der Waals surface area (Å²) in [5.74, 6) is -0.124. The number of aliphatic hydroxyl groups excluding tert-OH is 3. The van der Waals surface area contributed by atoms with Crippen molar-refractivity contribution in [1.82, 2.24) is 9.55 Å². The summed E-state index contributed by atoms with van der Waals surface area (Å²) in [6, 6.07) is 1.22. The highest BCUT2D eigenvalue weighted by molar-refractivity contribution is 7.60. The van der Waals surface area contributed by atoms with Gasteiger partial charge in [-0.3, -0.25) is 9.09 Å². The maximum atomic E-state index is 12.1. The normalized spacial score (nSPS) is 28.2. The van der Waals surface area contributed by atoms with Crippen LogP contribution in [-0.4, -0.2) is 94.5 Å². The number of nitrogen functional groups attached to an aromatic ring is 1. The Morgan fingerprint density at radius 1 is 1.36 bits per heavy atom. The lowest BCUT2D eigenvalue weighted by Crippen LogP contribution is -2.47. The summed E-state index contributed by atoms with van der Waals surface area (Å²) in [6.45, 7) is -1.34. The Hall–Kier alpha value is -1.30. The molecule has 9 N–H and O–H groups in total. The summed E-state index contributed by atoms with van der Waals surface area (Å²) in [5.41, 5.74) is 2.50. The molecule has 0 aliphatic carbocycles. The third-order valence-corrected chi connectivity index (χ3v) is 6.68. The van der Waals surface area contributed by atoms with Gasteiger partial charge in [-0.15, -0.1) is 0 Å². The third-order valence-electron chi connectivity index (χ3n) is 4.53. The summed E-state index contributed by atoms with van der Waals surface area (Å²) in [4.78, 5) is 42.4. The van der Waals surface area contributed by atoms with Gasteiger partial charge in [0.1, 0.15) is 35.8 Å². The van der Waals surface area contributed by atoms with Crippen LogP contribution in [0, 0.1) is 0 Å². The number of ether oxygens (including phenoxy) is 2. The number of rotatable bonds is 11. The lowest BCUT2D eigenvalue weighted by Gasteiger charge is -2.29. The highest BCUT2D eigenvalue weighted by atomic mass is 31.3. The van der Waals surface area contributed by atoms with Gasteiger partial charge < -0.3 is 50.3 Å². The molecular formula is C14H25N3O14P2. The number of phosphoric ester groups is 1.